The normalized spacial score (nSPS) is 20.8. The topological polar surface area (TPSA) is 202 Å². The van der Waals surface area contributed by atoms with Crippen LogP contribution in [0.4, 0.5) is 0 Å². The molecule has 0 spiro atoms. The van der Waals surface area contributed by atoms with Crippen LogP contribution in [-0.2, 0) is 0 Å². The second kappa shape index (κ2) is 13.8. The van der Waals surface area contributed by atoms with Crippen molar-refractivity contribution >= 4 is 0 Å². The molecule has 0 saturated carbocycles. The molecule has 10 N–H and O–H groups in total. The molecular weight excluding hydrogens is 376 g/mol. The predicted octanol–water partition coefficient (Wildman–Crippen LogP) is -3.02. The van der Waals surface area contributed by atoms with Crippen LogP contribution in [0.2, 0.25) is 0 Å². The maximum atomic E-state index is 11.3. The summed E-state index contributed by atoms with van der Waals surface area (Å²) < 4.78 is 0. The Hall–Kier alpha value is -0.400. The Labute approximate surface area is 165 Å². The molecule has 0 bridgehead atoms. The van der Waals surface area contributed by atoms with Crippen molar-refractivity contribution < 1.29 is 51.1 Å². The summed E-state index contributed by atoms with van der Waals surface area (Å²) in [6.07, 6.45) is -8.21. The second-order valence-corrected chi connectivity index (χ2v) is 7.18. The lowest BCUT2D eigenvalue weighted by Crippen LogP contribution is -2.76. The third kappa shape index (κ3) is 6.56. The van der Waals surface area contributed by atoms with Crippen molar-refractivity contribution in [3.8, 4) is 0 Å². The maximum absolute atomic E-state index is 11.3. The highest BCUT2D eigenvalue weighted by Gasteiger charge is 2.64. The van der Waals surface area contributed by atoms with E-state index < -0.39 is 35.6 Å². The Morgan fingerprint density at radius 1 is 0.429 bits per heavy atom. The first kappa shape index (κ1) is 27.6. The Morgan fingerprint density at radius 3 is 0.750 bits per heavy atom. The largest absolute Gasteiger partial charge is 0.396 e. The maximum Gasteiger partial charge on any atom is 0.150 e. The van der Waals surface area contributed by atoms with E-state index in [1.165, 1.54) is 0 Å². The Kier molecular flexibility index (Phi) is 13.6. The molecule has 0 aliphatic rings. The van der Waals surface area contributed by atoms with E-state index in [0.717, 1.165) is 0 Å². The molecule has 4 atom stereocenters. The molecule has 10 nitrogen and oxygen atoms in total. The lowest BCUT2D eigenvalue weighted by molar-refractivity contribution is -0.306. The summed E-state index contributed by atoms with van der Waals surface area (Å²) in [5.41, 5.74) is -5.61. The van der Waals surface area contributed by atoms with Gasteiger partial charge in [0.25, 0.3) is 0 Å². The van der Waals surface area contributed by atoms with E-state index in [9.17, 15) is 30.6 Å². The van der Waals surface area contributed by atoms with Crippen LogP contribution in [0.5, 0.6) is 0 Å². The Morgan fingerprint density at radius 2 is 0.607 bits per heavy atom. The van der Waals surface area contributed by atoms with Gasteiger partial charge < -0.3 is 51.1 Å². The lowest BCUT2D eigenvalue weighted by atomic mass is 9.65. The summed E-state index contributed by atoms with van der Waals surface area (Å²) in [5.74, 6) is 0. The number of aliphatic hydroxyl groups excluding tert-OH is 8. The quantitative estimate of drug-likeness (QED) is 0.117. The van der Waals surface area contributed by atoms with E-state index in [2.05, 4.69) is 0 Å². The van der Waals surface area contributed by atoms with E-state index >= 15 is 0 Å². The predicted molar refractivity (Wildman–Crippen MR) is 99.2 cm³/mol. The van der Waals surface area contributed by atoms with Crippen molar-refractivity contribution in [1.82, 2.24) is 0 Å². The summed E-state index contributed by atoms with van der Waals surface area (Å²) in [5, 5.41) is 101. The van der Waals surface area contributed by atoms with Crippen LogP contribution in [0.3, 0.4) is 0 Å². The van der Waals surface area contributed by atoms with Gasteiger partial charge in [-0.2, -0.15) is 0 Å². The van der Waals surface area contributed by atoms with Gasteiger partial charge in [0.2, 0.25) is 0 Å². The van der Waals surface area contributed by atoms with E-state index in [1.807, 2.05) is 0 Å². The van der Waals surface area contributed by atoms with Gasteiger partial charge in [-0.3, -0.25) is 0 Å². The number of aliphatic hydroxyl groups is 10. The number of rotatable bonds is 17. The van der Waals surface area contributed by atoms with Crippen LogP contribution in [0.25, 0.3) is 0 Å². The van der Waals surface area contributed by atoms with Crippen molar-refractivity contribution in [3.63, 3.8) is 0 Å². The van der Waals surface area contributed by atoms with Crippen molar-refractivity contribution in [3.05, 3.63) is 0 Å². The molecule has 0 amide bonds. The zero-order chi connectivity index (χ0) is 21.8. The molecule has 0 aliphatic carbocycles. The van der Waals surface area contributed by atoms with Crippen molar-refractivity contribution in [2.24, 2.45) is 0 Å². The highest BCUT2D eigenvalue weighted by Crippen LogP contribution is 2.41. The molecule has 170 valence electrons. The zero-order valence-electron chi connectivity index (χ0n) is 16.3. The lowest BCUT2D eigenvalue weighted by Gasteiger charge is -2.53. The van der Waals surface area contributed by atoms with Gasteiger partial charge in [-0.1, -0.05) is 0 Å². The van der Waals surface area contributed by atoms with Gasteiger partial charge in [0.1, 0.15) is 11.2 Å². The highest BCUT2D eigenvalue weighted by atomic mass is 16.4. The molecule has 0 radical (unpaired) electrons. The van der Waals surface area contributed by atoms with Crippen LogP contribution >= 0.6 is 0 Å². The molecule has 0 heterocycles. The summed E-state index contributed by atoms with van der Waals surface area (Å²) in [7, 11) is 0. The molecule has 0 saturated heterocycles. The van der Waals surface area contributed by atoms with E-state index in [-0.39, 0.29) is 77.8 Å². The summed E-state index contributed by atoms with van der Waals surface area (Å²) >= 11 is 0. The first-order valence-electron chi connectivity index (χ1n) is 9.78. The van der Waals surface area contributed by atoms with Gasteiger partial charge in [0, 0.05) is 26.4 Å². The van der Waals surface area contributed by atoms with Crippen LogP contribution in [0.15, 0.2) is 0 Å². The van der Waals surface area contributed by atoms with Gasteiger partial charge in [0.15, 0.2) is 0 Å². The van der Waals surface area contributed by atoms with Crippen molar-refractivity contribution in [2.45, 2.75) is 87.0 Å². The van der Waals surface area contributed by atoms with Crippen molar-refractivity contribution in [1.29, 1.82) is 0 Å². The summed E-state index contributed by atoms with van der Waals surface area (Å²) in [6, 6.07) is 0. The number of hydrogen-bond donors (Lipinski definition) is 10. The van der Waals surface area contributed by atoms with Crippen LogP contribution in [0, 0.1) is 0 Å². The molecule has 0 aromatic carbocycles. The number of hydrogen-bond acceptors (Lipinski definition) is 10. The molecule has 10 heteroatoms. The molecule has 28 heavy (non-hydrogen) atoms. The average molecular weight is 414 g/mol. The third-order valence-electron chi connectivity index (χ3n) is 5.22. The fraction of sp³-hybridized carbons (Fsp3) is 1.00. The van der Waals surface area contributed by atoms with Crippen LogP contribution in [-0.4, -0.2) is 113 Å². The average Bonchev–Trinajstić information content (AvgIpc) is 2.70. The SMILES string of the molecule is OCCCC(O)C(O)(C(O)CCCO)C(O)(C(O)CCCO)C(O)CCCO. The molecule has 0 aromatic heterocycles. The van der Waals surface area contributed by atoms with Crippen LogP contribution in [0.1, 0.15) is 51.4 Å². The molecule has 4 unspecified atom stereocenters. The van der Waals surface area contributed by atoms with Gasteiger partial charge in [0.05, 0.1) is 24.4 Å². The standard InChI is InChI=1S/C18H38O10/c19-9-1-5-13(23)17(27,14(24)6-2-10-20)18(28,15(25)7-3-11-21)16(26)8-4-12-22/h13-16,19-28H,1-12H2. The smallest absolute Gasteiger partial charge is 0.150 e. The van der Waals surface area contributed by atoms with E-state index in [0.29, 0.717) is 0 Å². The minimum absolute atomic E-state index is 0.0196. The monoisotopic (exact) mass is 414 g/mol. The zero-order valence-corrected chi connectivity index (χ0v) is 16.3. The molecule has 0 aromatic rings. The second-order valence-electron chi connectivity index (χ2n) is 7.18. The first-order chi connectivity index (χ1) is 13.2. The molecule has 0 aliphatic heterocycles. The first-order valence-corrected chi connectivity index (χ1v) is 9.78. The minimum atomic E-state index is -2.80. The van der Waals surface area contributed by atoms with Gasteiger partial charge in [-0.05, 0) is 51.4 Å². The van der Waals surface area contributed by atoms with Gasteiger partial charge >= 0.3 is 0 Å². The van der Waals surface area contributed by atoms with E-state index in [1.54, 1.807) is 0 Å². The molecule has 0 fully saturated rings. The van der Waals surface area contributed by atoms with Gasteiger partial charge in [-0.15, -0.1) is 0 Å². The Balaban J connectivity index is 6.15. The van der Waals surface area contributed by atoms with Crippen LogP contribution < -0.4 is 0 Å². The molecule has 0 rings (SSSR count). The summed E-state index contributed by atoms with van der Waals surface area (Å²) in [6.45, 7) is -1.34. The Bertz CT molecular complexity index is 331. The van der Waals surface area contributed by atoms with Crippen molar-refractivity contribution in [2.75, 3.05) is 26.4 Å². The fourth-order valence-corrected chi connectivity index (χ4v) is 3.53. The highest BCUT2D eigenvalue weighted by molar-refractivity contribution is 5.14. The summed E-state index contributed by atoms with van der Waals surface area (Å²) in [4.78, 5) is 0. The fourth-order valence-electron chi connectivity index (χ4n) is 3.53. The van der Waals surface area contributed by atoms with E-state index in [4.69, 9.17) is 20.4 Å². The molecular formula is C18H38O10. The minimum Gasteiger partial charge on any atom is -0.396 e. The van der Waals surface area contributed by atoms with Gasteiger partial charge in [-0.25, -0.2) is 0 Å². The third-order valence-corrected chi connectivity index (χ3v) is 5.22.